The standard InChI is InChI=1S/C18H28O9/c1-13(2)7-15(5)22-17(9-13,26-24-15)11-19-12(21-20-11)18-10-14(3,4)8-16(6,23-18)25-27-18/h11-12H,7-10H2,1-6H3/t11-,12+,15?,16?,17?,18?. The number of ether oxygens (including phenoxy) is 3. The van der Waals surface area contributed by atoms with Gasteiger partial charge in [0, 0.05) is 25.7 Å². The molecule has 0 spiro atoms. The fourth-order valence-corrected chi connectivity index (χ4v) is 5.53. The van der Waals surface area contributed by atoms with Crippen LogP contribution in [0.2, 0.25) is 0 Å². The molecule has 5 aliphatic rings. The van der Waals surface area contributed by atoms with Gasteiger partial charge in [0.05, 0.1) is 0 Å². The van der Waals surface area contributed by atoms with Crippen molar-refractivity contribution in [2.45, 2.75) is 103 Å². The Labute approximate surface area is 158 Å². The summed E-state index contributed by atoms with van der Waals surface area (Å²) in [5.41, 5.74) is -0.192. The monoisotopic (exact) mass is 388 g/mol. The highest BCUT2D eigenvalue weighted by Gasteiger charge is 2.70. The van der Waals surface area contributed by atoms with Gasteiger partial charge in [-0.25, -0.2) is 0 Å². The van der Waals surface area contributed by atoms with Gasteiger partial charge < -0.3 is 14.2 Å². The molecule has 0 saturated carbocycles. The zero-order valence-electron chi connectivity index (χ0n) is 16.7. The average Bonchev–Trinajstić information content (AvgIpc) is 3.13. The maximum Gasteiger partial charge on any atom is 0.259 e. The Morgan fingerprint density at radius 2 is 0.963 bits per heavy atom. The normalized spacial score (nSPS) is 55.8. The van der Waals surface area contributed by atoms with Crippen LogP contribution in [0.3, 0.4) is 0 Å². The van der Waals surface area contributed by atoms with E-state index in [0.29, 0.717) is 25.7 Å². The molecule has 4 unspecified atom stereocenters. The van der Waals surface area contributed by atoms with E-state index in [0.717, 1.165) is 0 Å². The van der Waals surface area contributed by atoms with Gasteiger partial charge in [0.25, 0.3) is 24.2 Å². The number of rotatable bonds is 2. The van der Waals surface area contributed by atoms with E-state index in [-0.39, 0.29) is 10.8 Å². The van der Waals surface area contributed by atoms with Crippen molar-refractivity contribution in [1.82, 2.24) is 0 Å². The van der Waals surface area contributed by atoms with Crippen LogP contribution in [0.15, 0.2) is 0 Å². The van der Waals surface area contributed by atoms with Gasteiger partial charge in [0.1, 0.15) is 0 Å². The van der Waals surface area contributed by atoms with Crippen LogP contribution in [0, 0.1) is 10.8 Å². The summed E-state index contributed by atoms with van der Waals surface area (Å²) in [5.74, 6) is -4.18. The second kappa shape index (κ2) is 5.21. The molecule has 0 amide bonds. The van der Waals surface area contributed by atoms with Crippen LogP contribution in [0.25, 0.3) is 0 Å². The van der Waals surface area contributed by atoms with E-state index in [1.807, 2.05) is 13.8 Å². The van der Waals surface area contributed by atoms with Crippen molar-refractivity contribution in [2.75, 3.05) is 0 Å². The van der Waals surface area contributed by atoms with Gasteiger partial charge in [-0.15, -0.1) is 0 Å². The number of hydrogen-bond donors (Lipinski definition) is 0. The van der Waals surface area contributed by atoms with E-state index in [1.165, 1.54) is 0 Å². The maximum atomic E-state index is 6.08. The molecular weight excluding hydrogens is 360 g/mol. The number of fused-ring (bicyclic) bond motifs is 4. The first-order chi connectivity index (χ1) is 12.4. The fraction of sp³-hybridized carbons (Fsp3) is 1.00. The first kappa shape index (κ1) is 18.7. The van der Waals surface area contributed by atoms with Crippen molar-refractivity contribution >= 4 is 0 Å². The van der Waals surface area contributed by atoms with Crippen molar-refractivity contribution in [3.05, 3.63) is 0 Å². The van der Waals surface area contributed by atoms with E-state index in [4.69, 9.17) is 43.5 Å². The molecule has 5 saturated heterocycles. The predicted octanol–water partition coefficient (Wildman–Crippen LogP) is 3.04. The lowest BCUT2D eigenvalue weighted by Gasteiger charge is -2.43. The van der Waals surface area contributed by atoms with E-state index >= 15 is 0 Å². The highest BCUT2D eigenvalue weighted by atomic mass is 17.4. The Morgan fingerprint density at radius 1 is 0.556 bits per heavy atom. The highest BCUT2D eigenvalue weighted by molar-refractivity contribution is 4.98. The molecule has 0 radical (unpaired) electrons. The summed E-state index contributed by atoms with van der Waals surface area (Å²) in [6, 6.07) is 0. The molecule has 6 atom stereocenters. The molecule has 0 aromatic heterocycles. The lowest BCUT2D eigenvalue weighted by Crippen LogP contribution is -2.56. The van der Waals surface area contributed by atoms with Crippen LogP contribution in [0.5, 0.6) is 0 Å². The summed E-state index contributed by atoms with van der Waals surface area (Å²) in [4.78, 5) is 33.1. The third-order valence-corrected chi connectivity index (χ3v) is 5.74. The van der Waals surface area contributed by atoms with E-state index in [9.17, 15) is 0 Å². The Balaban J connectivity index is 1.38. The van der Waals surface area contributed by atoms with Gasteiger partial charge in [-0.2, -0.15) is 29.3 Å². The topological polar surface area (TPSA) is 83.1 Å². The summed E-state index contributed by atoms with van der Waals surface area (Å²) >= 11 is 0. The third-order valence-electron chi connectivity index (χ3n) is 5.74. The second-order valence-electron chi connectivity index (χ2n) is 10.5. The van der Waals surface area contributed by atoms with Gasteiger partial charge in [-0.3, -0.25) is 0 Å². The molecule has 5 heterocycles. The van der Waals surface area contributed by atoms with Crippen molar-refractivity contribution < 1.29 is 43.5 Å². The van der Waals surface area contributed by atoms with Crippen molar-refractivity contribution in [3.63, 3.8) is 0 Å². The Hall–Kier alpha value is -0.360. The molecule has 27 heavy (non-hydrogen) atoms. The minimum absolute atomic E-state index is 0.0958. The molecule has 0 aromatic carbocycles. The number of hydrogen-bond acceptors (Lipinski definition) is 9. The van der Waals surface area contributed by atoms with Gasteiger partial charge in [-0.1, -0.05) is 27.7 Å². The molecule has 5 rings (SSSR count). The molecule has 0 aliphatic carbocycles. The molecule has 154 valence electrons. The van der Waals surface area contributed by atoms with Crippen LogP contribution in [-0.2, 0) is 43.5 Å². The third kappa shape index (κ3) is 2.87. The predicted molar refractivity (Wildman–Crippen MR) is 85.6 cm³/mol. The Bertz CT molecular complexity index is 599. The zero-order valence-corrected chi connectivity index (χ0v) is 16.7. The lowest BCUT2D eigenvalue weighted by molar-refractivity contribution is -0.417. The summed E-state index contributed by atoms with van der Waals surface area (Å²) in [5, 5.41) is 0. The van der Waals surface area contributed by atoms with Gasteiger partial charge in [0.2, 0.25) is 11.6 Å². The lowest BCUT2D eigenvalue weighted by atomic mass is 9.76. The molecule has 5 fully saturated rings. The molecular formula is C18H28O9. The minimum Gasteiger partial charge on any atom is -0.308 e. The molecule has 9 nitrogen and oxygen atoms in total. The van der Waals surface area contributed by atoms with Crippen LogP contribution in [0.1, 0.15) is 67.2 Å². The van der Waals surface area contributed by atoms with E-state index in [1.54, 1.807) is 0 Å². The summed E-state index contributed by atoms with van der Waals surface area (Å²) in [6.45, 7) is 12.2. The molecule has 4 bridgehead atoms. The molecule has 0 aromatic rings. The largest absolute Gasteiger partial charge is 0.308 e. The SMILES string of the molecule is CC1(C)CC2(C)OOC([C@@H]3OO[C@H](C45CC(C)(C)CC(C)(OO4)O5)O3)(C1)O2. The van der Waals surface area contributed by atoms with Gasteiger partial charge in [-0.05, 0) is 24.7 Å². The maximum absolute atomic E-state index is 6.08. The molecule has 0 N–H and O–H groups in total. The Kier molecular flexibility index (Phi) is 3.60. The summed E-state index contributed by atoms with van der Waals surface area (Å²) in [6.07, 6.45) is 0.505. The first-order valence-corrected chi connectivity index (χ1v) is 9.48. The fourth-order valence-electron chi connectivity index (χ4n) is 5.53. The summed E-state index contributed by atoms with van der Waals surface area (Å²) < 4.78 is 18.2. The van der Waals surface area contributed by atoms with Crippen LogP contribution in [-0.4, -0.2) is 35.7 Å². The van der Waals surface area contributed by atoms with Crippen LogP contribution >= 0.6 is 0 Å². The van der Waals surface area contributed by atoms with Crippen molar-refractivity contribution in [3.8, 4) is 0 Å². The quantitative estimate of drug-likeness (QED) is 0.663. The van der Waals surface area contributed by atoms with E-state index in [2.05, 4.69) is 27.7 Å². The van der Waals surface area contributed by atoms with Crippen molar-refractivity contribution in [1.29, 1.82) is 0 Å². The van der Waals surface area contributed by atoms with E-state index < -0.39 is 35.7 Å². The highest BCUT2D eigenvalue weighted by Crippen LogP contribution is 2.58. The van der Waals surface area contributed by atoms with Crippen molar-refractivity contribution in [2.24, 2.45) is 10.8 Å². The minimum atomic E-state index is -1.23. The van der Waals surface area contributed by atoms with Crippen LogP contribution < -0.4 is 0 Å². The van der Waals surface area contributed by atoms with Crippen LogP contribution in [0.4, 0.5) is 0 Å². The first-order valence-electron chi connectivity index (χ1n) is 9.48. The molecule has 5 aliphatic heterocycles. The second-order valence-corrected chi connectivity index (χ2v) is 10.5. The average molecular weight is 388 g/mol. The summed E-state index contributed by atoms with van der Waals surface area (Å²) in [7, 11) is 0. The smallest absolute Gasteiger partial charge is 0.259 e. The van der Waals surface area contributed by atoms with Gasteiger partial charge >= 0.3 is 0 Å². The molecule has 9 heteroatoms. The van der Waals surface area contributed by atoms with Gasteiger partial charge in [0.15, 0.2) is 0 Å². The zero-order chi connectivity index (χ0) is 19.3. The Morgan fingerprint density at radius 3 is 1.37 bits per heavy atom.